The standard InChI is InChI=1S/C16H14FN3O/c17-13-5-1-11(2-6-13)10-19-7-8-20-15(16(19)21)9-14(18-20)12-3-4-12/h1-2,5-9,12H,3-4,10H2. The van der Waals surface area contributed by atoms with Gasteiger partial charge in [-0.1, -0.05) is 12.1 Å². The lowest BCUT2D eigenvalue weighted by Gasteiger charge is -2.06. The first-order valence-corrected chi connectivity index (χ1v) is 7.04. The van der Waals surface area contributed by atoms with E-state index >= 15 is 0 Å². The minimum Gasteiger partial charge on any atom is -0.308 e. The zero-order valence-corrected chi connectivity index (χ0v) is 11.4. The van der Waals surface area contributed by atoms with Crippen LogP contribution in [-0.4, -0.2) is 14.2 Å². The lowest BCUT2D eigenvalue weighted by molar-refractivity contribution is 0.626. The van der Waals surface area contributed by atoms with Crippen LogP contribution in [0.15, 0.2) is 47.5 Å². The van der Waals surface area contributed by atoms with Gasteiger partial charge in [0.1, 0.15) is 11.3 Å². The number of halogens is 1. The number of fused-ring (bicyclic) bond motifs is 1. The zero-order chi connectivity index (χ0) is 14.4. The van der Waals surface area contributed by atoms with Crippen LogP contribution < -0.4 is 5.56 Å². The smallest absolute Gasteiger partial charge is 0.276 e. The van der Waals surface area contributed by atoms with E-state index in [2.05, 4.69) is 5.10 Å². The maximum absolute atomic E-state index is 12.9. The lowest BCUT2D eigenvalue weighted by Crippen LogP contribution is -2.21. The molecular weight excluding hydrogens is 269 g/mol. The van der Waals surface area contributed by atoms with Crippen LogP contribution in [0.5, 0.6) is 0 Å². The fourth-order valence-corrected chi connectivity index (χ4v) is 2.53. The molecule has 1 aliphatic rings. The number of hydrogen-bond acceptors (Lipinski definition) is 2. The van der Waals surface area contributed by atoms with Gasteiger partial charge in [-0.15, -0.1) is 0 Å². The van der Waals surface area contributed by atoms with Crippen LogP contribution in [0, 0.1) is 5.82 Å². The van der Waals surface area contributed by atoms with E-state index in [1.807, 2.05) is 6.07 Å². The molecule has 0 saturated heterocycles. The van der Waals surface area contributed by atoms with Crippen molar-refractivity contribution in [2.75, 3.05) is 0 Å². The summed E-state index contributed by atoms with van der Waals surface area (Å²) in [4.78, 5) is 12.5. The van der Waals surface area contributed by atoms with Crippen molar-refractivity contribution in [1.82, 2.24) is 14.2 Å². The number of hydrogen-bond donors (Lipinski definition) is 0. The first-order valence-electron chi connectivity index (χ1n) is 7.04. The molecule has 4 nitrogen and oxygen atoms in total. The Labute approximate surface area is 120 Å². The number of aromatic nitrogens is 3. The van der Waals surface area contributed by atoms with Gasteiger partial charge >= 0.3 is 0 Å². The predicted octanol–water partition coefficient (Wildman–Crippen LogP) is 2.56. The first-order chi connectivity index (χ1) is 10.2. The van der Waals surface area contributed by atoms with Crippen LogP contribution in [0.2, 0.25) is 0 Å². The predicted molar refractivity (Wildman–Crippen MR) is 76.9 cm³/mol. The van der Waals surface area contributed by atoms with E-state index in [1.165, 1.54) is 12.1 Å². The minimum atomic E-state index is -0.272. The van der Waals surface area contributed by atoms with Gasteiger partial charge in [0.15, 0.2) is 0 Å². The first kappa shape index (κ1) is 12.3. The van der Waals surface area contributed by atoms with Crippen molar-refractivity contribution in [3.63, 3.8) is 0 Å². The van der Waals surface area contributed by atoms with E-state index in [9.17, 15) is 9.18 Å². The Morgan fingerprint density at radius 2 is 1.95 bits per heavy atom. The van der Waals surface area contributed by atoms with E-state index in [4.69, 9.17) is 0 Å². The van der Waals surface area contributed by atoms with Gasteiger partial charge in [-0.2, -0.15) is 5.10 Å². The fourth-order valence-electron chi connectivity index (χ4n) is 2.53. The van der Waals surface area contributed by atoms with Crippen molar-refractivity contribution in [2.45, 2.75) is 25.3 Å². The van der Waals surface area contributed by atoms with Crippen molar-refractivity contribution in [3.8, 4) is 0 Å². The summed E-state index contributed by atoms with van der Waals surface area (Å²) in [6.45, 7) is 0.430. The molecule has 1 fully saturated rings. The summed E-state index contributed by atoms with van der Waals surface area (Å²) in [5.41, 5.74) is 2.43. The van der Waals surface area contributed by atoms with E-state index in [1.54, 1.807) is 33.6 Å². The van der Waals surface area contributed by atoms with Crippen LogP contribution in [0.25, 0.3) is 5.52 Å². The quantitative estimate of drug-likeness (QED) is 0.741. The molecular formula is C16H14FN3O. The molecule has 0 aliphatic heterocycles. The van der Waals surface area contributed by atoms with Crippen molar-refractivity contribution in [1.29, 1.82) is 0 Å². The van der Waals surface area contributed by atoms with Gasteiger partial charge < -0.3 is 4.57 Å². The Morgan fingerprint density at radius 3 is 2.67 bits per heavy atom. The number of rotatable bonds is 3. The molecule has 0 spiro atoms. The van der Waals surface area contributed by atoms with Gasteiger partial charge in [-0.3, -0.25) is 4.79 Å². The normalized spacial score (nSPS) is 14.7. The van der Waals surface area contributed by atoms with E-state index in [-0.39, 0.29) is 11.4 Å². The van der Waals surface area contributed by atoms with Crippen molar-refractivity contribution < 1.29 is 4.39 Å². The third kappa shape index (κ3) is 2.24. The molecule has 2 aromatic heterocycles. The molecule has 2 heterocycles. The van der Waals surface area contributed by atoms with E-state index in [0.717, 1.165) is 24.1 Å². The van der Waals surface area contributed by atoms with Gasteiger partial charge in [0.05, 0.1) is 12.2 Å². The zero-order valence-electron chi connectivity index (χ0n) is 11.4. The molecule has 1 aliphatic carbocycles. The summed E-state index contributed by atoms with van der Waals surface area (Å²) in [5.74, 6) is 0.251. The van der Waals surface area contributed by atoms with Gasteiger partial charge in [-0.05, 0) is 36.6 Å². The second kappa shape index (κ2) is 4.55. The highest BCUT2D eigenvalue weighted by Crippen LogP contribution is 2.39. The molecule has 0 bridgehead atoms. The molecule has 1 saturated carbocycles. The highest BCUT2D eigenvalue weighted by molar-refractivity contribution is 5.46. The van der Waals surface area contributed by atoms with Gasteiger partial charge in [0.25, 0.3) is 5.56 Å². The Balaban J connectivity index is 1.73. The summed E-state index contributed by atoms with van der Waals surface area (Å²) in [6, 6.07) is 8.09. The van der Waals surface area contributed by atoms with Gasteiger partial charge in [0, 0.05) is 18.3 Å². The Bertz CT molecular complexity index is 859. The molecule has 0 radical (unpaired) electrons. The Hall–Kier alpha value is -2.43. The molecule has 0 atom stereocenters. The minimum absolute atomic E-state index is 0.0683. The molecule has 0 amide bonds. The summed E-state index contributed by atoms with van der Waals surface area (Å²) in [5, 5.41) is 4.45. The summed E-state index contributed by atoms with van der Waals surface area (Å²) >= 11 is 0. The number of nitrogens with zero attached hydrogens (tertiary/aromatic N) is 3. The highest BCUT2D eigenvalue weighted by atomic mass is 19.1. The van der Waals surface area contributed by atoms with Gasteiger partial charge in [-0.25, -0.2) is 8.91 Å². The summed E-state index contributed by atoms with van der Waals surface area (Å²) < 4.78 is 16.2. The molecule has 4 rings (SSSR count). The molecule has 5 heteroatoms. The van der Waals surface area contributed by atoms with Crippen LogP contribution in [0.3, 0.4) is 0 Å². The maximum Gasteiger partial charge on any atom is 0.276 e. The molecule has 3 aromatic rings. The third-order valence-electron chi connectivity index (χ3n) is 3.88. The van der Waals surface area contributed by atoms with E-state index < -0.39 is 0 Å². The number of benzene rings is 1. The van der Waals surface area contributed by atoms with Crippen LogP contribution in [-0.2, 0) is 6.54 Å². The van der Waals surface area contributed by atoms with Crippen LogP contribution >= 0.6 is 0 Å². The topological polar surface area (TPSA) is 39.3 Å². The summed E-state index contributed by atoms with van der Waals surface area (Å²) in [6.07, 6.45) is 5.84. The molecule has 106 valence electrons. The average Bonchev–Trinajstić information content (AvgIpc) is 3.24. The second-order valence-corrected chi connectivity index (χ2v) is 5.53. The van der Waals surface area contributed by atoms with Gasteiger partial charge in [0.2, 0.25) is 0 Å². The lowest BCUT2D eigenvalue weighted by atomic mass is 10.2. The van der Waals surface area contributed by atoms with E-state index in [0.29, 0.717) is 18.0 Å². The Kier molecular flexibility index (Phi) is 2.67. The van der Waals surface area contributed by atoms with Crippen LogP contribution in [0.1, 0.15) is 30.0 Å². The van der Waals surface area contributed by atoms with Crippen molar-refractivity contribution in [3.05, 3.63) is 70.2 Å². The maximum atomic E-state index is 12.9. The molecule has 0 unspecified atom stereocenters. The third-order valence-corrected chi connectivity index (χ3v) is 3.88. The fraction of sp³-hybridized carbons (Fsp3) is 0.250. The SMILES string of the molecule is O=c1c2cc(C3CC3)nn2ccn1Cc1ccc(F)cc1. The largest absolute Gasteiger partial charge is 0.308 e. The summed E-state index contributed by atoms with van der Waals surface area (Å²) in [7, 11) is 0. The average molecular weight is 283 g/mol. The van der Waals surface area contributed by atoms with Crippen molar-refractivity contribution >= 4 is 5.52 Å². The van der Waals surface area contributed by atoms with Crippen LogP contribution in [0.4, 0.5) is 4.39 Å². The monoisotopic (exact) mass is 283 g/mol. The molecule has 21 heavy (non-hydrogen) atoms. The Morgan fingerprint density at radius 1 is 1.19 bits per heavy atom. The molecule has 1 aromatic carbocycles. The molecule has 0 N–H and O–H groups in total. The van der Waals surface area contributed by atoms with Crippen molar-refractivity contribution in [2.24, 2.45) is 0 Å². The second-order valence-electron chi connectivity index (χ2n) is 5.53. The highest BCUT2D eigenvalue weighted by Gasteiger charge is 2.26.